The van der Waals surface area contributed by atoms with E-state index in [2.05, 4.69) is 14.9 Å². The molecule has 8 nitrogen and oxygen atoms in total. The first-order chi connectivity index (χ1) is 13.8. The third-order valence-corrected chi connectivity index (χ3v) is 5.28. The molecule has 1 fully saturated rings. The van der Waals surface area contributed by atoms with Gasteiger partial charge in [0, 0.05) is 44.1 Å². The smallest absolute Gasteiger partial charge is 0.317 e. The van der Waals surface area contributed by atoms with Crippen LogP contribution in [-0.2, 0) is 16.6 Å². The molecule has 1 aliphatic heterocycles. The van der Waals surface area contributed by atoms with Gasteiger partial charge in [0.15, 0.2) is 0 Å². The van der Waals surface area contributed by atoms with Crippen LogP contribution >= 0.6 is 0 Å². The monoisotopic (exact) mass is 418 g/mol. The Balaban J connectivity index is 1.49. The quantitative estimate of drug-likeness (QED) is 0.750. The average molecular weight is 419 g/mol. The molecule has 0 unspecified atom stereocenters. The largest absolute Gasteiger partial charge is 0.497 e. The van der Waals surface area contributed by atoms with Crippen LogP contribution in [0.3, 0.4) is 0 Å². The van der Waals surface area contributed by atoms with E-state index in [9.17, 15) is 13.2 Å². The number of hydrogen-bond acceptors (Lipinski definition) is 5. The van der Waals surface area contributed by atoms with E-state index in [1.807, 2.05) is 30.3 Å². The molecule has 9 heteroatoms. The molecule has 29 heavy (non-hydrogen) atoms. The lowest BCUT2D eigenvalue weighted by molar-refractivity contribution is 0.194. The first-order valence-electron chi connectivity index (χ1n) is 9.32. The van der Waals surface area contributed by atoms with Gasteiger partial charge in [0.05, 0.1) is 13.4 Å². The van der Waals surface area contributed by atoms with Gasteiger partial charge in [-0.05, 0) is 42.0 Å². The van der Waals surface area contributed by atoms with Crippen molar-refractivity contribution in [2.24, 2.45) is 0 Å². The summed E-state index contributed by atoms with van der Waals surface area (Å²) in [4.78, 5) is 16.5. The molecule has 0 saturated carbocycles. The van der Waals surface area contributed by atoms with Gasteiger partial charge in [-0.3, -0.25) is 4.72 Å². The Hall–Kier alpha value is -2.94. The number of hydrogen-bond donors (Lipinski definition) is 2. The van der Waals surface area contributed by atoms with Gasteiger partial charge in [-0.15, -0.1) is 0 Å². The first-order valence-corrected chi connectivity index (χ1v) is 11.2. The maximum atomic E-state index is 12.5. The van der Waals surface area contributed by atoms with Crippen molar-refractivity contribution in [2.75, 3.05) is 49.2 Å². The summed E-state index contributed by atoms with van der Waals surface area (Å²) in [7, 11) is -1.69. The lowest BCUT2D eigenvalue weighted by atomic mass is 10.2. The van der Waals surface area contributed by atoms with Gasteiger partial charge >= 0.3 is 6.03 Å². The molecule has 1 heterocycles. The summed E-state index contributed by atoms with van der Waals surface area (Å²) in [6.45, 7) is 3.11. The van der Waals surface area contributed by atoms with Crippen LogP contribution in [0.5, 0.6) is 5.75 Å². The van der Waals surface area contributed by atoms with Crippen molar-refractivity contribution < 1.29 is 17.9 Å². The number of sulfonamides is 1. The summed E-state index contributed by atoms with van der Waals surface area (Å²) < 4.78 is 30.3. The van der Waals surface area contributed by atoms with E-state index >= 15 is 0 Å². The maximum absolute atomic E-state index is 12.5. The fourth-order valence-electron chi connectivity index (χ4n) is 3.21. The Bertz CT molecular complexity index is 939. The molecule has 2 aromatic rings. The van der Waals surface area contributed by atoms with Crippen LogP contribution in [-0.4, -0.2) is 58.9 Å². The Morgan fingerprint density at radius 3 is 2.38 bits per heavy atom. The second-order valence-corrected chi connectivity index (χ2v) is 8.65. The molecule has 2 N–H and O–H groups in total. The molecule has 1 saturated heterocycles. The number of nitrogens with one attached hydrogen (secondary N) is 2. The fraction of sp³-hybridized carbons (Fsp3) is 0.350. The molecule has 2 amide bonds. The SMILES string of the molecule is COc1ccc(N2CCN(C(=O)NCc3cccc(NS(C)(=O)=O)c3)CC2)cc1. The molecule has 1 aliphatic rings. The molecule has 0 bridgehead atoms. The number of methoxy groups -OCH3 is 1. The van der Waals surface area contributed by atoms with Crippen molar-refractivity contribution in [3.63, 3.8) is 0 Å². The number of urea groups is 1. The minimum absolute atomic E-state index is 0.124. The van der Waals surface area contributed by atoms with Crippen LogP contribution in [0.25, 0.3) is 0 Å². The number of carbonyl (C=O) groups excluding carboxylic acids is 1. The zero-order chi connectivity index (χ0) is 20.9. The second kappa shape index (κ2) is 9.04. The van der Waals surface area contributed by atoms with Crippen LogP contribution in [0.1, 0.15) is 5.56 Å². The molecule has 0 aliphatic carbocycles. The molecular weight excluding hydrogens is 392 g/mol. The molecule has 0 aromatic heterocycles. The van der Waals surface area contributed by atoms with E-state index in [-0.39, 0.29) is 6.03 Å². The molecular formula is C20H26N4O4S. The van der Waals surface area contributed by atoms with E-state index in [0.717, 1.165) is 36.3 Å². The van der Waals surface area contributed by atoms with Crippen molar-refractivity contribution in [3.05, 3.63) is 54.1 Å². The van der Waals surface area contributed by atoms with Gasteiger partial charge in [0.1, 0.15) is 5.75 Å². The highest BCUT2D eigenvalue weighted by Gasteiger charge is 2.21. The van der Waals surface area contributed by atoms with E-state index in [1.165, 1.54) is 0 Å². The van der Waals surface area contributed by atoms with Crippen molar-refractivity contribution >= 4 is 27.4 Å². The maximum Gasteiger partial charge on any atom is 0.317 e. The van der Waals surface area contributed by atoms with Gasteiger partial charge in [-0.2, -0.15) is 0 Å². The zero-order valence-electron chi connectivity index (χ0n) is 16.6. The van der Waals surface area contributed by atoms with Gasteiger partial charge in [0.25, 0.3) is 0 Å². The summed E-state index contributed by atoms with van der Waals surface area (Å²) in [5.41, 5.74) is 2.41. The number of carbonyl (C=O) groups is 1. The van der Waals surface area contributed by atoms with Crippen molar-refractivity contribution in [1.29, 1.82) is 0 Å². The Kier molecular flexibility index (Phi) is 6.48. The lowest BCUT2D eigenvalue weighted by Crippen LogP contribution is -2.51. The van der Waals surface area contributed by atoms with E-state index in [0.29, 0.717) is 25.3 Å². The molecule has 0 atom stereocenters. The van der Waals surface area contributed by atoms with Crippen LogP contribution in [0, 0.1) is 0 Å². The number of amides is 2. The standard InChI is InChI=1S/C20H26N4O4S/c1-28-19-8-6-18(7-9-19)23-10-12-24(13-11-23)20(25)21-15-16-4-3-5-17(14-16)22-29(2,26)27/h3-9,14,22H,10-13,15H2,1-2H3,(H,21,25). The number of nitrogens with zero attached hydrogens (tertiary/aromatic N) is 2. The highest BCUT2D eigenvalue weighted by molar-refractivity contribution is 7.92. The van der Waals surface area contributed by atoms with Crippen LogP contribution in [0.4, 0.5) is 16.2 Å². The zero-order valence-corrected chi connectivity index (χ0v) is 17.4. The number of benzene rings is 2. The molecule has 0 radical (unpaired) electrons. The number of rotatable bonds is 6. The third kappa shape index (κ3) is 6.02. The van der Waals surface area contributed by atoms with E-state index in [4.69, 9.17) is 4.74 Å². The van der Waals surface area contributed by atoms with Crippen molar-refractivity contribution in [1.82, 2.24) is 10.2 Å². The van der Waals surface area contributed by atoms with Gasteiger partial charge < -0.3 is 19.9 Å². The Morgan fingerprint density at radius 1 is 1.07 bits per heavy atom. The molecule has 3 rings (SSSR count). The van der Waals surface area contributed by atoms with Crippen LogP contribution in [0.15, 0.2) is 48.5 Å². The summed E-state index contributed by atoms with van der Waals surface area (Å²) >= 11 is 0. The minimum atomic E-state index is -3.33. The second-order valence-electron chi connectivity index (χ2n) is 6.91. The highest BCUT2D eigenvalue weighted by atomic mass is 32.2. The summed E-state index contributed by atoms with van der Waals surface area (Å²) in [5, 5.41) is 2.90. The highest BCUT2D eigenvalue weighted by Crippen LogP contribution is 2.20. The Morgan fingerprint density at radius 2 is 1.76 bits per heavy atom. The van der Waals surface area contributed by atoms with Crippen LogP contribution in [0.2, 0.25) is 0 Å². The van der Waals surface area contributed by atoms with E-state index < -0.39 is 10.0 Å². The molecule has 2 aromatic carbocycles. The third-order valence-electron chi connectivity index (χ3n) is 4.68. The first kappa shape index (κ1) is 20.8. The molecule has 156 valence electrons. The topological polar surface area (TPSA) is 91.0 Å². The fourth-order valence-corrected chi connectivity index (χ4v) is 3.76. The summed E-state index contributed by atoms with van der Waals surface area (Å²) in [6.07, 6.45) is 1.10. The summed E-state index contributed by atoms with van der Waals surface area (Å²) in [5.74, 6) is 0.822. The van der Waals surface area contributed by atoms with Crippen LogP contribution < -0.4 is 19.7 Å². The summed E-state index contributed by atoms with van der Waals surface area (Å²) in [6, 6.07) is 14.8. The predicted octanol–water partition coefficient (Wildman–Crippen LogP) is 2.10. The number of piperazine rings is 1. The Labute approximate surface area is 171 Å². The number of anilines is 2. The molecule has 0 spiro atoms. The number of ether oxygens (including phenoxy) is 1. The minimum Gasteiger partial charge on any atom is -0.497 e. The average Bonchev–Trinajstić information content (AvgIpc) is 2.71. The van der Waals surface area contributed by atoms with Gasteiger partial charge in [0.2, 0.25) is 10.0 Å². The predicted molar refractivity (Wildman–Crippen MR) is 114 cm³/mol. The normalized spacial score (nSPS) is 14.4. The van der Waals surface area contributed by atoms with Crippen molar-refractivity contribution in [2.45, 2.75) is 6.54 Å². The van der Waals surface area contributed by atoms with Gasteiger partial charge in [-0.1, -0.05) is 12.1 Å². The van der Waals surface area contributed by atoms with Crippen molar-refractivity contribution in [3.8, 4) is 5.75 Å². The lowest BCUT2D eigenvalue weighted by Gasteiger charge is -2.36. The van der Waals surface area contributed by atoms with Gasteiger partial charge in [-0.25, -0.2) is 13.2 Å². The van der Waals surface area contributed by atoms with E-state index in [1.54, 1.807) is 30.2 Å².